The van der Waals surface area contributed by atoms with Crippen molar-refractivity contribution in [3.63, 3.8) is 0 Å². The lowest BCUT2D eigenvalue weighted by Gasteiger charge is -2.07. The first-order valence-electron chi connectivity index (χ1n) is 7.56. The summed E-state index contributed by atoms with van der Waals surface area (Å²) in [6.45, 7) is 2.20. The van der Waals surface area contributed by atoms with Gasteiger partial charge in [0.25, 0.3) is 0 Å². The summed E-state index contributed by atoms with van der Waals surface area (Å²) >= 11 is 3.61. The van der Waals surface area contributed by atoms with Crippen molar-refractivity contribution in [2.75, 3.05) is 0 Å². The molecule has 0 spiro atoms. The van der Waals surface area contributed by atoms with Crippen molar-refractivity contribution in [3.05, 3.63) is 76.8 Å². The number of rotatable bonds is 2. The third-order valence-electron chi connectivity index (χ3n) is 4.21. The largest absolute Gasteiger partial charge is 0.309 e. The fraction of sp³-hybridized carbons (Fsp3) is 0.100. The third kappa shape index (κ3) is 2.06. The average molecular weight is 350 g/mol. The Morgan fingerprint density at radius 1 is 0.818 bits per heavy atom. The highest BCUT2D eigenvalue weighted by molar-refractivity contribution is 9.10. The minimum atomic E-state index is 1.06. The van der Waals surface area contributed by atoms with E-state index in [0.29, 0.717) is 0 Å². The molecule has 4 rings (SSSR count). The highest BCUT2D eigenvalue weighted by Gasteiger charge is 2.12. The summed E-state index contributed by atoms with van der Waals surface area (Å²) in [7, 11) is 0. The first-order chi connectivity index (χ1) is 10.8. The first-order valence-corrected chi connectivity index (χ1v) is 8.35. The van der Waals surface area contributed by atoms with E-state index >= 15 is 0 Å². The summed E-state index contributed by atoms with van der Waals surface area (Å²) < 4.78 is 3.46. The summed E-state index contributed by atoms with van der Waals surface area (Å²) in [5, 5.41) is 2.61. The minimum absolute atomic E-state index is 1.06. The van der Waals surface area contributed by atoms with Crippen LogP contribution in [0, 0.1) is 0 Å². The number of hydrogen-bond donors (Lipinski definition) is 0. The summed E-state index contributed by atoms with van der Waals surface area (Å²) in [4.78, 5) is 0. The molecule has 0 aliphatic rings. The molecule has 3 aromatic carbocycles. The van der Waals surface area contributed by atoms with Crippen LogP contribution >= 0.6 is 15.9 Å². The van der Waals surface area contributed by atoms with Crippen LogP contribution in [0.25, 0.3) is 27.5 Å². The van der Waals surface area contributed by atoms with Crippen LogP contribution in [0.1, 0.15) is 12.5 Å². The normalized spacial score (nSPS) is 11.4. The Morgan fingerprint density at radius 2 is 1.50 bits per heavy atom. The van der Waals surface area contributed by atoms with E-state index in [2.05, 4.69) is 94.2 Å². The van der Waals surface area contributed by atoms with E-state index in [1.165, 1.54) is 33.1 Å². The van der Waals surface area contributed by atoms with Gasteiger partial charge in [-0.3, -0.25) is 0 Å². The van der Waals surface area contributed by atoms with Gasteiger partial charge in [-0.2, -0.15) is 0 Å². The van der Waals surface area contributed by atoms with Gasteiger partial charge in [-0.05, 0) is 54.4 Å². The Bertz CT molecular complexity index is 967. The number of halogens is 1. The maximum absolute atomic E-state index is 3.61. The Morgan fingerprint density at radius 3 is 2.23 bits per heavy atom. The van der Waals surface area contributed by atoms with Crippen molar-refractivity contribution in [3.8, 4) is 5.69 Å². The fourth-order valence-corrected chi connectivity index (χ4v) is 3.48. The topological polar surface area (TPSA) is 4.93 Å². The van der Waals surface area contributed by atoms with Gasteiger partial charge in [0.1, 0.15) is 0 Å². The molecule has 0 bridgehead atoms. The Kier molecular flexibility index (Phi) is 3.27. The number of benzene rings is 3. The summed E-state index contributed by atoms with van der Waals surface area (Å²) in [5.41, 5.74) is 5.09. The van der Waals surface area contributed by atoms with Crippen LogP contribution in [0.3, 0.4) is 0 Å². The van der Waals surface area contributed by atoms with Crippen molar-refractivity contribution < 1.29 is 0 Å². The van der Waals surface area contributed by atoms with Gasteiger partial charge in [-0.15, -0.1) is 0 Å². The molecule has 1 heterocycles. The molecule has 0 saturated carbocycles. The Labute approximate surface area is 138 Å². The van der Waals surface area contributed by atoms with E-state index in [0.717, 1.165) is 10.9 Å². The lowest BCUT2D eigenvalue weighted by molar-refractivity contribution is 1.14. The highest BCUT2D eigenvalue weighted by Crippen LogP contribution is 2.34. The van der Waals surface area contributed by atoms with Crippen molar-refractivity contribution in [1.82, 2.24) is 4.57 Å². The molecule has 0 aliphatic heterocycles. The molecule has 0 radical (unpaired) electrons. The van der Waals surface area contributed by atoms with Gasteiger partial charge in [0.15, 0.2) is 0 Å². The predicted molar refractivity (Wildman–Crippen MR) is 97.9 cm³/mol. The molecule has 22 heavy (non-hydrogen) atoms. The van der Waals surface area contributed by atoms with E-state index in [9.17, 15) is 0 Å². The SMILES string of the molecule is CCc1ccc2c(c1)c1cc(Br)ccc1n2-c1ccccc1. The number of fused-ring (bicyclic) bond motifs is 3. The van der Waals surface area contributed by atoms with Crippen LogP contribution in [0.4, 0.5) is 0 Å². The van der Waals surface area contributed by atoms with Crippen LogP contribution < -0.4 is 0 Å². The molecule has 0 fully saturated rings. The number of para-hydroxylation sites is 1. The van der Waals surface area contributed by atoms with Gasteiger partial charge in [-0.25, -0.2) is 0 Å². The predicted octanol–water partition coefficient (Wildman–Crippen LogP) is 6.11. The molecule has 1 aromatic heterocycles. The monoisotopic (exact) mass is 349 g/mol. The Balaban J connectivity index is 2.18. The van der Waals surface area contributed by atoms with Crippen molar-refractivity contribution in [2.45, 2.75) is 13.3 Å². The maximum Gasteiger partial charge on any atom is 0.0541 e. The standard InChI is InChI=1S/C20H16BrN/c1-2-14-8-10-19-17(12-14)18-13-15(21)9-11-20(18)22(19)16-6-4-3-5-7-16/h3-13H,2H2,1H3. The van der Waals surface area contributed by atoms with Crippen LogP contribution in [-0.2, 0) is 6.42 Å². The van der Waals surface area contributed by atoms with Gasteiger partial charge in [-0.1, -0.05) is 47.1 Å². The molecule has 0 unspecified atom stereocenters. The summed E-state index contributed by atoms with van der Waals surface area (Å²) in [6.07, 6.45) is 1.06. The second kappa shape index (κ2) is 5.29. The number of aryl methyl sites for hydroxylation is 1. The molecule has 0 aliphatic carbocycles. The van der Waals surface area contributed by atoms with E-state index in [4.69, 9.17) is 0 Å². The fourth-order valence-electron chi connectivity index (χ4n) is 3.12. The molecular formula is C20H16BrN. The lowest BCUT2D eigenvalue weighted by Crippen LogP contribution is -1.93. The second-order valence-corrected chi connectivity index (χ2v) is 6.45. The van der Waals surface area contributed by atoms with E-state index in [1.54, 1.807) is 0 Å². The van der Waals surface area contributed by atoms with E-state index in [-0.39, 0.29) is 0 Å². The number of aromatic nitrogens is 1. The smallest absolute Gasteiger partial charge is 0.0541 e. The lowest BCUT2D eigenvalue weighted by atomic mass is 10.1. The van der Waals surface area contributed by atoms with Crippen LogP contribution in [0.15, 0.2) is 71.2 Å². The maximum atomic E-state index is 3.61. The molecule has 2 heteroatoms. The molecule has 4 aromatic rings. The Hall–Kier alpha value is -2.06. The van der Waals surface area contributed by atoms with Crippen LogP contribution in [-0.4, -0.2) is 4.57 Å². The van der Waals surface area contributed by atoms with Gasteiger partial charge >= 0.3 is 0 Å². The van der Waals surface area contributed by atoms with Gasteiger partial charge in [0.2, 0.25) is 0 Å². The number of hydrogen-bond acceptors (Lipinski definition) is 0. The summed E-state index contributed by atoms with van der Waals surface area (Å²) in [6, 6.07) is 23.9. The molecular weight excluding hydrogens is 334 g/mol. The van der Waals surface area contributed by atoms with Crippen molar-refractivity contribution in [2.24, 2.45) is 0 Å². The zero-order chi connectivity index (χ0) is 15.1. The molecule has 108 valence electrons. The minimum Gasteiger partial charge on any atom is -0.309 e. The van der Waals surface area contributed by atoms with E-state index in [1.807, 2.05) is 0 Å². The molecule has 0 atom stereocenters. The molecule has 0 N–H and O–H groups in total. The molecule has 1 nitrogen and oxygen atoms in total. The van der Waals surface area contributed by atoms with Gasteiger partial charge in [0, 0.05) is 20.9 Å². The van der Waals surface area contributed by atoms with E-state index < -0.39 is 0 Å². The second-order valence-electron chi connectivity index (χ2n) is 5.54. The highest BCUT2D eigenvalue weighted by atomic mass is 79.9. The van der Waals surface area contributed by atoms with Crippen LogP contribution in [0.5, 0.6) is 0 Å². The van der Waals surface area contributed by atoms with Gasteiger partial charge in [0.05, 0.1) is 11.0 Å². The summed E-state index contributed by atoms with van der Waals surface area (Å²) in [5.74, 6) is 0. The average Bonchev–Trinajstić information content (AvgIpc) is 2.88. The van der Waals surface area contributed by atoms with Crippen LogP contribution in [0.2, 0.25) is 0 Å². The van der Waals surface area contributed by atoms with Crippen molar-refractivity contribution in [1.29, 1.82) is 0 Å². The van der Waals surface area contributed by atoms with Crippen molar-refractivity contribution >= 4 is 37.7 Å². The third-order valence-corrected chi connectivity index (χ3v) is 4.71. The zero-order valence-corrected chi connectivity index (χ0v) is 14.0. The first kappa shape index (κ1) is 13.6. The zero-order valence-electron chi connectivity index (χ0n) is 12.4. The quantitative estimate of drug-likeness (QED) is 0.411. The number of nitrogens with zero attached hydrogens (tertiary/aromatic N) is 1. The van der Waals surface area contributed by atoms with Gasteiger partial charge < -0.3 is 4.57 Å². The molecule has 0 amide bonds. The molecule has 0 saturated heterocycles.